The fraction of sp³-hybridized carbons (Fsp3) is 0.438. The van der Waals surface area contributed by atoms with Gasteiger partial charge in [0.25, 0.3) is 0 Å². The number of esters is 1. The van der Waals surface area contributed by atoms with E-state index in [1.54, 1.807) is 13.2 Å². The van der Waals surface area contributed by atoms with Crippen LogP contribution < -0.4 is 4.74 Å². The number of carbonyl (C=O) groups is 1. The average molecular weight is 262 g/mol. The van der Waals surface area contributed by atoms with E-state index in [0.717, 1.165) is 24.2 Å². The van der Waals surface area contributed by atoms with Crippen molar-refractivity contribution in [2.75, 3.05) is 13.7 Å². The summed E-state index contributed by atoms with van der Waals surface area (Å²) in [6.07, 6.45) is 7.64. The predicted octanol–water partition coefficient (Wildman–Crippen LogP) is 3.83. The number of unbranched alkanes of at least 4 members (excludes halogenated alkanes) is 3. The van der Waals surface area contributed by atoms with Gasteiger partial charge >= 0.3 is 5.97 Å². The minimum Gasteiger partial charge on any atom is -0.497 e. The maximum Gasteiger partial charge on any atom is 0.330 e. The highest BCUT2D eigenvalue weighted by Gasteiger charge is 1.97. The van der Waals surface area contributed by atoms with Gasteiger partial charge in [-0.3, -0.25) is 0 Å². The molecule has 104 valence electrons. The van der Waals surface area contributed by atoms with Crippen molar-refractivity contribution >= 4 is 12.0 Å². The van der Waals surface area contributed by atoms with E-state index in [0.29, 0.717) is 6.61 Å². The summed E-state index contributed by atoms with van der Waals surface area (Å²) < 4.78 is 10.2. The summed E-state index contributed by atoms with van der Waals surface area (Å²) in [6, 6.07) is 7.50. The first kappa shape index (κ1) is 15.3. The Labute approximate surface area is 115 Å². The highest BCUT2D eigenvalue weighted by Crippen LogP contribution is 2.12. The number of carbonyl (C=O) groups excluding carboxylic acids is 1. The van der Waals surface area contributed by atoms with Gasteiger partial charge in [0, 0.05) is 6.08 Å². The predicted molar refractivity (Wildman–Crippen MR) is 77.1 cm³/mol. The molecule has 1 aromatic carbocycles. The molecule has 3 heteroatoms. The van der Waals surface area contributed by atoms with Crippen LogP contribution >= 0.6 is 0 Å². The SMILES string of the molecule is CCCCCCOC(=O)/C=C/c1ccc(OC)cc1. The van der Waals surface area contributed by atoms with Crippen LogP contribution in [0.3, 0.4) is 0 Å². The van der Waals surface area contributed by atoms with E-state index < -0.39 is 0 Å². The summed E-state index contributed by atoms with van der Waals surface area (Å²) in [5.74, 6) is 0.517. The Bertz CT molecular complexity index is 393. The van der Waals surface area contributed by atoms with Crippen molar-refractivity contribution in [2.45, 2.75) is 32.6 Å². The van der Waals surface area contributed by atoms with Crippen molar-refractivity contribution in [1.29, 1.82) is 0 Å². The molecule has 0 amide bonds. The quantitative estimate of drug-likeness (QED) is 0.406. The van der Waals surface area contributed by atoms with E-state index in [9.17, 15) is 4.79 Å². The molecule has 0 N–H and O–H groups in total. The highest BCUT2D eigenvalue weighted by atomic mass is 16.5. The molecule has 0 spiro atoms. The normalized spacial score (nSPS) is 10.6. The Morgan fingerprint density at radius 3 is 2.53 bits per heavy atom. The maximum atomic E-state index is 11.4. The molecule has 0 aliphatic rings. The third-order valence-corrected chi connectivity index (χ3v) is 2.77. The van der Waals surface area contributed by atoms with Crippen molar-refractivity contribution in [3.63, 3.8) is 0 Å². The largest absolute Gasteiger partial charge is 0.497 e. The Hall–Kier alpha value is -1.77. The van der Waals surface area contributed by atoms with Crippen molar-refractivity contribution in [3.05, 3.63) is 35.9 Å². The van der Waals surface area contributed by atoms with Crippen molar-refractivity contribution in [2.24, 2.45) is 0 Å². The second kappa shape index (κ2) is 9.20. The first-order valence-corrected chi connectivity index (χ1v) is 6.75. The molecule has 0 fully saturated rings. The molecule has 0 unspecified atom stereocenters. The monoisotopic (exact) mass is 262 g/mol. The molecular formula is C16H22O3. The van der Waals surface area contributed by atoms with E-state index in [1.165, 1.54) is 18.9 Å². The van der Waals surface area contributed by atoms with Gasteiger partial charge in [-0.1, -0.05) is 38.3 Å². The second-order valence-electron chi connectivity index (χ2n) is 4.33. The minimum atomic E-state index is -0.285. The third kappa shape index (κ3) is 6.65. The fourth-order valence-electron chi connectivity index (χ4n) is 1.63. The van der Waals surface area contributed by atoms with Gasteiger partial charge < -0.3 is 9.47 Å². The fourth-order valence-corrected chi connectivity index (χ4v) is 1.63. The van der Waals surface area contributed by atoms with Crippen LogP contribution in [-0.2, 0) is 9.53 Å². The first-order valence-electron chi connectivity index (χ1n) is 6.75. The second-order valence-corrected chi connectivity index (χ2v) is 4.33. The number of rotatable bonds is 8. The van der Waals surface area contributed by atoms with Crippen LogP contribution in [0.5, 0.6) is 5.75 Å². The van der Waals surface area contributed by atoms with Crippen LogP contribution in [0.2, 0.25) is 0 Å². The molecular weight excluding hydrogens is 240 g/mol. The number of benzene rings is 1. The molecule has 19 heavy (non-hydrogen) atoms. The van der Waals surface area contributed by atoms with E-state index >= 15 is 0 Å². The molecule has 0 atom stereocenters. The standard InChI is InChI=1S/C16H22O3/c1-3-4-5-6-13-19-16(17)12-9-14-7-10-15(18-2)11-8-14/h7-12H,3-6,13H2,1-2H3/b12-9+. The summed E-state index contributed by atoms with van der Waals surface area (Å²) in [5, 5.41) is 0. The average Bonchev–Trinajstić information content (AvgIpc) is 2.45. The molecule has 1 rings (SSSR count). The van der Waals surface area contributed by atoms with Crippen LogP contribution in [0.25, 0.3) is 6.08 Å². The Kier molecular flexibility index (Phi) is 7.40. The summed E-state index contributed by atoms with van der Waals surface area (Å²) in [6.45, 7) is 2.66. The van der Waals surface area contributed by atoms with Crippen molar-refractivity contribution in [1.82, 2.24) is 0 Å². The van der Waals surface area contributed by atoms with Gasteiger partial charge in [0.1, 0.15) is 5.75 Å². The zero-order valence-corrected chi connectivity index (χ0v) is 11.7. The topological polar surface area (TPSA) is 35.5 Å². The molecule has 0 aromatic heterocycles. The van der Waals surface area contributed by atoms with Crippen LogP contribution in [0.1, 0.15) is 38.2 Å². The van der Waals surface area contributed by atoms with Crippen LogP contribution in [0.15, 0.2) is 30.3 Å². The zero-order chi connectivity index (χ0) is 13.9. The van der Waals surface area contributed by atoms with E-state index in [4.69, 9.17) is 9.47 Å². The lowest BCUT2D eigenvalue weighted by molar-refractivity contribution is -0.137. The molecule has 3 nitrogen and oxygen atoms in total. The molecule has 1 aromatic rings. The molecule has 0 heterocycles. The van der Waals surface area contributed by atoms with Crippen LogP contribution in [0, 0.1) is 0 Å². The van der Waals surface area contributed by atoms with Gasteiger partial charge in [0.05, 0.1) is 13.7 Å². The molecule has 0 saturated heterocycles. The Morgan fingerprint density at radius 1 is 1.16 bits per heavy atom. The van der Waals surface area contributed by atoms with E-state index in [-0.39, 0.29) is 5.97 Å². The molecule has 0 radical (unpaired) electrons. The summed E-state index contributed by atoms with van der Waals surface area (Å²) in [5.41, 5.74) is 0.948. The molecule has 0 bridgehead atoms. The summed E-state index contributed by atoms with van der Waals surface area (Å²) >= 11 is 0. The van der Waals surface area contributed by atoms with Gasteiger partial charge in [0.2, 0.25) is 0 Å². The third-order valence-electron chi connectivity index (χ3n) is 2.77. The summed E-state index contributed by atoms with van der Waals surface area (Å²) in [7, 11) is 1.63. The van der Waals surface area contributed by atoms with Gasteiger partial charge in [-0.15, -0.1) is 0 Å². The van der Waals surface area contributed by atoms with Crippen LogP contribution in [0.4, 0.5) is 0 Å². The highest BCUT2D eigenvalue weighted by molar-refractivity contribution is 5.87. The first-order chi connectivity index (χ1) is 9.26. The van der Waals surface area contributed by atoms with Crippen molar-refractivity contribution in [3.8, 4) is 5.75 Å². The van der Waals surface area contributed by atoms with E-state index in [2.05, 4.69) is 6.92 Å². The number of ether oxygens (including phenoxy) is 2. The van der Waals surface area contributed by atoms with Crippen LogP contribution in [-0.4, -0.2) is 19.7 Å². The molecule has 0 aliphatic carbocycles. The number of hydrogen-bond acceptors (Lipinski definition) is 3. The minimum absolute atomic E-state index is 0.285. The number of hydrogen-bond donors (Lipinski definition) is 0. The number of methoxy groups -OCH3 is 1. The lowest BCUT2D eigenvalue weighted by Crippen LogP contribution is -2.02. The van der Waals surface area contributed by atoms with Gasteiger partial charge in [0.15, 0.2) is 0 Å². The van der Waals surface area contributed by atoms with Gasteiger partial charge in [-0.05, 0) is 30.2 Å². The summed E-state index contributed by atoms with van der Waals surface area (Å²) in [4.78, 5) is 11.4. The van der Waals surface area contributed by atoms with Gasteiger partial charge in [-0.2, -0.15) is 0 Å². The van der Waals surface area contributed by atoms with Gasteiger partial charge in [-0.25, -0.2) is 4.79 Å². The molecule has 0 aliphatic heterocycles. The smallest absolute Gasteiger partial charge is 0.330 e. The Morgan fingerprint density at radius 2 is 1.89 bits per heavy atom. The van der Waals surface area contributed by atoms with Crippen molar-refractivity contribution < 1.29 is 14.3 Å². The van der Waals surface area contributed by atoms with E-state index in [1.807, 2.05) is 24.3 Å². The maximum absolute atomic E-state index is 11.4. The lowest BCUT2D eigenvalue weighted by Gasteiger charge is -2.01. The Balaban J connectivity index is 2.28. The molecule has 0 saturated carbocycles. The lowest BCUT2D eigenvalue weighted by atomic mass is 10.2. The zero-order valence-electron chi connectivity index (χ0n) is 11.7.